The zero-order chi connectivity index (χ0) is 20.4. The molecule has 0 bridgehead atoms. The molecule has 0 aliphatic carbocycles. The van der Waals surface area contributed by atoms with Crippen LogP contribution in [0, 0.1) is 6.92 Å². The lowest BCUT2D eigenvalue weighted by Crippen LogP contribution is -3.13. The second-order valence-corrected chi connectivity index (χ2v) is 8.45. The molecular weight excluding hydrogens is 386 g/mol. The maximum absolute atomic E-state index is 13.2. The molecule has 152 valence electrons. The van der Waals surface area contributed by atoms with Gasteiger partial charge in [0.05, 0.1) is 37.4 Å². The van der Waals surface area contributed by atoms with Crippen molar-refractivity contribution >= 4 is 29.1 Å². The van der Waals surface area contributed by atoms with E-state index in [9.17, 15) is 9.59 Å². The highest BCUT2D eigenvalue weighted by molar-refractivity contribution is 6.31. The lowest BCUT2D eigenvalue weighted by Gasteiger charge is -2.33. The molecule has 2 amide bonds. The first-order chi connectivity index (χ1) is 14.0. The van der Waals surface area contributed by atoms with Gasteiger partial charge in [0.2, 0.25) is 5.91 Å². The van der Waals surface area contributed by atoms with Gasteiger partial charge in [-0.25, -0.2) is 0 Å². The second kappa shape index (κ2) is 8.56. The molecular formula is C23H27ClN3O2+. The van der Waals surface area contributed by atoms with E-state index in [0.29, 0.717) is 29.2 Å². The number of hydrogen-bond donors (Lipinski definition) is 1. The Hall–Kier alpha value is -2.37. The third kappa shape index (κ3) is 4.46. The molecule has 2 aromatic rings. The zero-order valence-corrected chi connectivity index (χ0v) is 17.5. The number of nitrogens with zero attached hydrogens (tertiary/aromatic N) is 2. The summed E-state index contributed by atoms with van der Waals surface area (Å²) in [5.74, 6) is 0.0553. The molecule has 2 aromatic carbocycles. The quantitative estimate of drug-likeness (QED) is 0.837. The number of anilines is 1. The lowest BCUT2D eigenvalue weighted by molar-refractivity contribution is -0.917. The predicted molar refractivity (Wildman–Crippen MR) is 115 cm³/mol. The Morgan fingerprint density at radius 1 is 1.10 bits per heavy atom. The summed E-state index contributed by atoms with van der Waals surface area (Å²) in [7, 11) is 0. The van der Waals surface area contributed by atoms with E-state index < -0.39 is 0 Å². The number of amides is 2. The molecule has 0 atom stereocenters. The van der Waals surface area contributed by atoms with Crippen LogP contribution in [0.2, 0.25) is 5.02 Å². The van der Waals surface area contributed by atoms with Gasteiger partial charge in [-0.3, -0.25) is 9.59 Å². The van der Waals surface area contributed by atoms with E-state index in [4.69, 9.17) is 11.6 Å². The van der Waals surface area contributed by atoms with E-state index in [1.807, 2.05) is 4.90 Å². The minimum absolute atomic E-state index is 0.00836. The van der Waals surface area contributed by atoms with Crippen molar-refractivity contribution in [2.24, 2.45) is 0 Å². The number of piperazine rings is 1. The summed E-state index contributed by atoms with van der Waals surface area (Å²) >= 11 is 6.17. The van der Waals surface area contributed by atoms with Gasteiger partial charge in [-0.05, 0) is 31.5 Å². The van der Waals surface area contributed by atoms with Crippen LogP contribution in [0.1, 0.15) is 34.3 Å². The van der Waals surface area contributed by atoms with Crippen LogP contribution in [-0.4, -0.2) is 49.4 Å². The van der Waals surface area contributed by atoms with Crippen LogP contribution in [0.15, 0.2) is 42.5 Å². The third-order valence-corrected chi connectivity index (χ3v) is 6.08. The molecule has 0 spiro atoms. The van der Waals surface area contributed by atoms with Crippen molar-refractivity contribution in [3.63, 3.8) is 0 Å². The first kappa shape index (κ1) is 19.9. The van der Waals surface area contributed by atoms with Crippen molar-refractivity contribution in [3.8, 4) is 0 Å². The van der Waals surface area contributed by atoms with Crippen LogP contribution in [0.3, 0.4) is 0 Å². The standard InChI is InChI=1S/C23H26ClN3O2/c1-17-4-2-5-18(14-17)16-25-10-12-26(13-11-25)23(29)20-8-7-19(24)15-21(20)27-9-3-6-22(27)28/h2,4-5,7-8,14-15H,3,6,9-13,16H2,1H3/p+1. The average molecular weight is 413 g/mol. The average Bonchev–Trinajstić information content (AvgIpc) is 3.14. The number of rotatable bonds is 4. The maximum atomic E-state index is 13.2. The molecule has 29 heavy (non-hydrogen) atoms. The van der Waals surface area contributed by atoms with E-state index in [1.165, 1.54) is 16.0 Å². The smallest absolute Gasteiger partial charge is 0.256 e. The van der Waals surface area contributed by atoms with Gasteiger partial charge in [0.1, 0.15) is 6.54 Å². The van der Waals surface area contributed by atoms with Gasteiger partial charge in [0.25, 0.3) is 5.91 Å². The molecule has 4 rings (SSSR count). The van der Waals surface area contributed by atoms with Gasteiger partial charge < -0.3 is 14.7 Å². The molecule has 0 unspecified atom stereocenters. The summed E-state index contributed by atoms with van der Waals surface area (Å²) in [4.78, 5) is 30.6. The van der Waals surface area contributed by atoms with E-state index in [0.717, 1.165) is 39.1 Å². The fraction of sp³-hybridized carbons (Fsp3) is 0.391. The summed E-state index contributed by atoms with van der Waals surface area (Å²) in [6.07, 6.45) is 1.35. The normalized spacial score (nSPS) is 17.8. The number of benzene rings is 2. The minimum atomic E-state index is -0.00836. The largest absolute Gasteiger partial charge is 0.328 e. The molecule has 1 N–H and O–H groups in total. The van der Waals surface area contributed by atoms with Crippen molar-refractivity contribution in [1.82, 2.24) is 4.90 Å². The van der Waals surface area contributed by atoms with Crippen molar-refractivity contribution < 1.29 is 14.5 Å². The third-order valence-electron chi connectivity index (χ3n) is 5.85. The highest BCUT2D eigenvalue weighted by Gasteiger charge is 2.30. The van der Waals surface area contributed by atoms with Gasteiger partial charge in [0, 0.05) is 23.6 Å². The SMILES string of the molecule is Cc1cccc(C[NH+]2CCN(C(=O)c3ccc(Cl)cc3N3CCCC3=O)CC2)c1. The van der Waals surface area contributed by atoms with Crippen LogP contribution >= 0.6 is 11.6 Å². The highest BCUT2D eigenvalue weighted by atomic mass is 35.5. The Kier molecular flexibility index (Phi) is 5.88. The molecule has 0 aromatic heterocycles. The molecule has 6 heteroatoms. The number of quaternary nitrogens is 1. The molecule has 0 radical (unpaired) electrons. The van der Waals surface area contributed by atoms with Crippen LogP contribution < -0.4 is 9.80 Å². The predicted octanol–water partition coefficient (Wildman–Crippen LogP) is 2.32. The molecule has 0 saturated carbocycles. The van der Waals surface area contributed by atoms with Gasteiger partial charge in [0.15, 0.2) is 0 Å². The topological polar surface area (TPSA) is 45.1 Å². The number of aryl methyl sites for hydroxylation is 1. The highest BCUT2D eigenvalue weighted by Crippen LogP contribution is 2.29. The van der Waals surface area contributed by atoms with Crippen LogP contribution in [0.4, 0.5) is 5.69 Å². The first-order valence-electron chi connectivity index (χ1n) is 10.3. The monoisotopic (exact) mass is 412 g/mol. The second-order valence-electron chi connectivity index (χ2n) is 8.02. The summed E-state index contributed by atoms with van der Waals surface area (Å²) in [5.41, 5.74) is 3.85. The molecule has 2 aliphatic rings. The zero-order valence-electron chi connectivity index (χ0n) is 16.8. The molecule has 2 saturated heterocycles. The Balaban J connectivity index is 1.44. The van der Waals surface area contributed by atoms with E-state index >= 15 is 0 Å². The minimum Gasteiger partial charge on any atom is -0.328 e. The molecule has 2 heterocycles. The number of carbonyl (C=O) groups excluding carboxylic acids is 2. The van der Waals surface area contributed by atoms with Crippen LogP contribution in [0.25, 0.3) is 0 Å². The van der Waals surface area contributed by atoms with Crippen LogP contribution in [-0.2, 0) is 11.3 Å². The number of halogens is 1. The number of hydrogen-bond acceptors (Lipinski definition) is 2. The summed E-state index contributed by atoms with van der Waals surface area (Å²) in [5, 5.41) is 0.545. The first-order valence-corrected chi connectivity index (χ1v) is 10.7. The van der Waals surface area contributed by atoms with E-state index in [-0.39, 0.29) is 11.8 Å². The molecule has 2 fully saturated rings. The number of carbonyl (C=O) groups is 2. The fourth-order valence-corrected chi connectivity index (χ4v) is 4.46. The van der Waals surface area contributed by atoms with Gasteiger partial charge in [-0.2, -0.15) is 0 Å². The maximum Gasteiger partial charge on any atom is 0.256 e. The van der Waals surface area contributed by atoms with E-state index in [1.54, 1.807) is 23.1 Å². The summed E-state index contributed by atoms with van der Waals surface area (Å²) < 4.78 is 0. The lowest BCUT2D eigenvalue weighted by atomic mass is 10.1. The summed E-state index contributed by atoms with van der Waals surface area (Å²) in [6, 6.07) is 13.9. The van der Waals surface area contributed by atoms with Crippen molar-refractivity contribution in [2.75, 3.05) is 37.6 Å². The molecule has 5 nitrogen and oxygen atoms in total. The Morgan fingerprint density at radius 3 is 2.59 bits per heavy atom. The van der Waals surface area contributed by atoms with Crippen molar-refractivity contribution in [3.05, 3.63) is 64.2 Å². The molecule has 2 aliphatic heterocycles. The Morgan fingerprint density at radius 2 is 1.90 bits per heavy atom. The van der Waals surface area contributed by atoms with E-state index in [2.05, 4.69) is 31.2 Å². The Labute approximate surface area is 176 Å². The van der Waals surface area contributed by atoms with Gasteiger partial charge in [-0.1, -0.05) is 41.4 Å². The fourth-order valence-electron chi connectivity index (χ4n) is 4.30. The van der Waals surface area contributed by atoms with Crippen molar-refractivity contribution in [2.45, 2.75) is 26.3 Å². The van der Waals surface area contributed by atoms with Crippen LogP contribution in [0.5, 0.6) is 0 Å². The number of nitrogens with one attached hydrogen (secondary N) is 1. The Bertz CT molecular complexity index is 922. The van der Waals surface area contributed by atoms with Crippen molar-refractivity contribution in [1.29, 1.82) is 0 Å². The summed E-state index contributed by atoms with van der Waals surface area (Å²) in [6.45, 7) is 7.03. The van der Waals surface area contributed by atoms with Gasteiger partial charge in [-0.15, -0.1) is 0 Å². The van der Waals surface area contributed by atoms with Gasteiger partial charge >= 0.3 is 0 Å².